The third-order valence-electron chi connectivity index (χ3n) is 7.94. The van der Waals surface area contributed by atoms with Crippen molar-refractivity contribution in [2.75, 3.05) is 11.9 Å². The van der Waals surface area contributed by atoms with Crippen LogP contribution in [0.4, 0.5) is 5.69 Å². The number of aliphatic hydroxyl groups is 1. The topological polar surface area (TPSA) is 83.9 Å². The Bertz CT molecular complexity index is 1590. The summed E-state index contributed by atoms with van der Waals surface area (Å²) >= 11 is 0. The number of hydrogen-bond donors (Lipinski definition) is 2. The van der Waals surface area contributed by atoms with Crippen molar-refractivity contribution in [1.82, 2.24) is 9.88 Å². The molecule has 1 fully saturated rings. The SMILES string of the molecule is O=C(Nc1ccc([C@H]2O[C@@H](CN(Cc3ccccc3)Cc3ccccc3)C[C@@H](c3ccc(CO)cc3)O2)cc1)c1cccnc1. The normalized spacial score (nSPS) is 18.0. The standard InChI is InChI=1S/C38H37N3O4/c42-27-30-13-15-31(16-14-30)36-22-35(26-41(24-28-8-3-1-4-9-28)25-29-10-5-2-6-11-29)44-38(45-36)32-17-19-34(20-18-32)40-37(43)33-12-7-21-39-23-33/h1-21,23,35-36,38,42H,22,24-27H2,(H,40,43)/t35-,36+,38+/m1/s1. The van der Waals surface area contributed by atoms with Crippen LogP contribution in [0.2, 0.25) is 0 Å². The second-order valence-corrected chi connectivity index (χ2v) is 11.3. The molecule has 2 N–H and O–H groups in total. The number of hydrogen-bond acceptors (Lipinski definition) is 6. The molecule has 0 unspecified atom stereocenters. The molecule has 5 aromatic rings. The number of aromatic nitrogens is 1. The summed E-state index contributed by atoms with van der Waals surface area (Å²) in [5.74, 6) is -0.218. The van der Waals surface area contributed by atoms with Crippen molar-refractivity contribution in [2.24, 2.45) is 0 Å². The number of benzene rings is 4. The second kappa shape index (κ2) is 14.9. The largest absolute Gasteiger partial charge is 0.392 e. The molecule has 0 spiro atoms. The number of pyridine rings is 1. The molecule has 4 aromatic carbocycles. The molecule has 1 aliphatic rings. The third-order valence-corrected chi connectivity index (χ3v) is 7.94. The lowest BCUT2D eigenvalue weighted by Crippen LogP contribution is -2.39. The van der Waals surface area contributed by atoms with E-state index in [0.29, 0.717) is 24.2 Å². The van der Waals surface area contributed by atoms with Gasteiger partial charge in [0.1, 0.15) is 0 Å². The molecular weight excluding hydrogens is 562 g/mol. The van der Waals surface area contributed by atoms with Gasteiger partial charge < -0.3 is 19.9 Å². The second-order valence-electron chi connectivity index (χ2n) is 11.3. The highest BCUT2D eigenvalue weighted by Crippen LogP contribution is 2.38. The van der Waals surface area contributed by atoms with Gasteiger partial charge in [-0.05, 0) is 46.5 Å². The van der Waals surface area contributed by atoms with Gasteiger partial charge in [-0.25, -0.2) is 0 Å². The van der Waals surface area contributed by atoms with Gasteiger partial charge in [0.15, 0.2) is 6.29 Å². The Morgan fingerprint density at radius 2 is 1.40 bits per heavy atom. The fraction of sp³-hybridized carbons (Fsp3) is 0.211. The molecule has 1 aliphatic heterocycles. The van der Waals surface area contributed by atoms with E-state index >= 15 is 0 Å². The average molecular weight is 600 g/mol. The molecule has 7 heteroatoms. The van der Waals surface area contributed by atoms with Crippen LogP contribution in [-0.4, -0.2) is 33.5 Å². The molecular formula is C38H37N3O4. The van der Waals surface area contributed by atoms with E-state index in [2.05, 4.69) is 63.7 Å². The molecule has 228 valence electrons. The third kappa shape index (κ3) is 8.29. The summed E-state index contributed by atoms with van der Waals surface area (Å²) in [7, 11) is 0. The van der Waals surface area contributed by atoms with E-state index in [1.54, 1.807) is 24.5 Å². The molecule has 7 nitrogen and oxygen atoms in total. The number of ether oxygens (including phenoxy) is 2. The van der Waals surface area contributed by atoms with Crippen LogP contribution in [-0.2, 0) is 29.2 Å². The Kier molecular flexibility index (Phi) is 10.0. The maximum absolute atomic E-state index is 12.6. The van der Waals surface area contributed by atoms with E-state index in [9.17, 15) is 9.90 Å². The molecule has 45 heavy (non-hydrogen) atoms. The molecule has 0 radical (unpaired) electrons. The number of amides is 1. The zero-order valence-corrected chi connectivity index (χ0v) is 25.0. The van der Waals surface area contributed by atoms with Crippen molar-refractivity contribution in [3.05, 3.63) is 167 Å². The molecule has 0 saturated carbocycles. The zero-order valence-electron chi connectivity index (χ0n) is 25.0. The fourth-order valence-corrected chi connectivity index (χ4v) is 5.61. The van der Waals surface area contributed by atoms with Gasteiger partial charge in [-0.15, -0.1) is 0 Å². The highest BCUT2D eigenvalue weighted by molar-refractivity contribution is 6.04. The van der Waals surface area contributed by atoms with Crippen molar-refractivity contribution >= 4 is 11.6 Å². The van der Waals surface area contributed by atoms with Gasteiger partial charge in [0, 0.05) is 49.7 Å². The van der Waals surface area contributed by atoms with Gasteiger partial charge in [-0.3, -0.25) is 14.7 Å². The molecule has 2 heterocycles. The number of carbonyl (C=O) groups is 1. The molecule has 0 bridgehead atoms. The Balaban J connectivity index is 1.22. The van der Waals surface area contributed by atoms with Crippen molar-refractivity contribution in [2.45, 2.75) is 44.6 Å². The molecule has 1 aromatic heterocycles. The zero-order chi connectivity index (χ0) is 30.8. The van der Waals surface area contributed by atoms with Gasteiger partial charge in [0.05, 0.1) is 24.4 Å². The Labute approximate surface area is 264 Å². The first kappa shape index (κ1) is 30.4. The smallest absolute Gasteiger partial charge is 0.257 e. The minimum atomic E-state index is -0.593. The minimum Gasteiger partial charge on any atom is -0.392 e. The first-order chi connectivity index (χ1) is 22.1. The monoisotopic (exact) mass is 599 g/mol. The van der Waals surface area contributed by atoms with E-state index in [1.807, 2.05) is 60.7 Å². The summed E-state index contributed by atoms with van der Waals surface area (Å²) in [6, 6.07) is 40.0. The van der Waals surface area contributed by atoms with Gasteiger partial charge in [-0.1, -0.05) is 97.1 Å². The number of anilines is 1. The van der Waals surface area contributed by atoms with Crippen LogP contribution >= 0.6 is 0 Å². The maximum atomic E-state index is 12.6. The fourth-order valence-electron chi connectivity index (χ4n) is 5.61. The number of nitrogens with one attached hydrogen (secondary N) is 1. The van der Waals surface area contributed by atoms with Crippen LogP contribution in [0.1, 0.15) is 57.0 Å². The predicted octanol–water partition coefficient (Wildman–Crippen LogP) is 7.07. The van der Waals surface area contributed by atoms with Crippen LogP contribution in [0.3, 0.4) is 0 Å². The van der Waals surface area contributed by atoms with Gasteiger partial charge >= 0.3 is 0 Å². The molecule has 3 atom stereocenters. The van der Waals surface area contributed by atoms with Crippen LogP contribution in [0.25, 0.3) is 0 Å². The van der Waals surface area contributed by atoms with Crippen LogP contribution in [0.15, 0.2) is 134 Å². The Morgan fingerprint density at radius 3 is 2.00 bits per heavy atom. The molecule has 1 saturated heterocycles. The van der Waals surface area contributed by atoms with Crippen molar-refractivity contribution in [3.8, 4) is 0 Å². The summed E-state index contributed by atoms with van der Waals surface area (Å²) in [4.78, 5) is 19.1. The van der Waals surface area contributed by atoms with E-state index in [1.165, 1.54) is 11.1 Å². The van der Waals surface area contributed by atoms with Crippen LogP contribution in [0, 0.1) is 0 Å². The minimum absolute atomic E-state index is 0.00221. The summed E-state index contributed by atoms with van der Waals surface area (Å²) in [6.45, 7) is 2.30. The summed E-state index contributed by atoms with van der Waals surface area (Å²) in [6.07, 6.45) is 2.98. The lowest BCUT2D eigenvalue weighted by molar-refractivity contribution is -0.253. The van der Waals surface area contributed by atoms with Gasteiger partial charge in [-0.2, -0.15) is 0 Å². The molecule has 1 amide bonds. The quantitative estimate of drug-likeness (QED) is 0.169. The van der Waals surface area contributed by atoms with Crippen LogP contribution < -0.4 is 5.32 Å². The van der Waals surface area contributed by atoms with Crippen molar-refractivity contribution in [1.29, 1.82) is 0 Å². The summed E-state index contributed by atoms with van der Waals surface area (Å²) < 4.78 is 13.2. The lowest BCUT2D eigenvalue weighted by Gasteiger charge is -2.38. The number of rotatable bonds is 11. The van der Waals surface area contributed by atoms with E-state index < -0.39 is 6.29 Å². The van der Waals surface area contributed by atoms with E-state index in [0.717, 1.165) is 29.8 Å². The number of aliphatic hydroxyl groups excluding tert-OH is 1. The first-order valence-corrected chi connectivity index (χ1v) is 15.2. The highest BCUT2D eigenvalue weighted by Gasteiger charge is 2.33. The van der Waals surface area contributed by atoms with Gasteiger partial charge in [0.25, 0.3) is 5.91 Å². The van der Waals surface area contributed by atoms with Crippen LogP contribution in [0.5, 0.6) is 0 Å². The van der Waals surface area contributed by atoms with Gasteiger partial charge in [0.2, 0.25) is 0 Å². The molecule has 6 rings (SSSR count). The average Bonchev–Trinajstić information content (AvgIpc) is 3.10. The number of nitrogens with zero attached hydrogens (tertiary/aromatic N) is 2. The lowest BCUT2D eigenvalue weighted by atomic mass is 9.99. The highest BCUT2D eigenvalue weighted by atomic mass is 16.7. The van der Waals surface area contributed by atoms with E-state index in [-0.39, 0.29) is 24.7 Å². The maximum Gasteiger partial charge on any atom is 0.257 e. The van der Waals surface area contributed by atoms with E-state index in [4.69, 9.17) is 9.47 Å². The Hall–Kier alpha value is -4.66. The first-order valence-electron chi connectivity index (χ1n) is 15.2. The summed E-state index contributed by atoms with van der Waals surface area (Å²) in [5, 5.41) is 12.5. The predicted molar refractivity (Wildman–Crippen MR) is 174 cm³/mol. The molecule has 0 aliphatic carbocycles. The van der Waals surface area contributed by atoms with Crippen molar-refractivity contribution in [3.63, 3.8) is 0 Å². The summed E-state index contributed by atoms with van der Waals surface area (Å²) in [5.41, 5.74) is 6.44. The number of carbonyl (C=O) groups excluding carboxylic acids is 1. The Morgan fingerprint density at radius 1 is 0.756 bits per heavy atom. The van der Waals surface area contributed by atoms with Crippen molar-refractivity contribution < 1.29 is 19.4 Å².